The average molecular weight is 380 g/mol. The van der Waals surface area contributed by atoms with Crippen molar-refractivity contribution in [2.45, 2.75) is 40.2 Å². The second kappa shape index (κ2) is 8.65. The van der Waals surface area contributed by atoms with Gasteiger partial charge in [0.15, 0.2) is 0 Å². The largest absolute Gasteiger partial charge is 0.492 e. The number of carbonyl (C=O) groups excluding carboxylic acids is 2. The Balaban J connectivity index is 2.06. The first-order chi connectivity index (χ1) is 13.5. The summed E-state index contributed by atoms with van der Waals surface area (Å²) < 4.78 is 7.76. The van der Waals surface area contributed by atoms with E-state index >= 15 is 0 Å². The molecule has 0 saturated heterocycles. The molecule has 0 saturated carbocycles. The van der Waals surface area contributed by atoms with Crippen molar-refractivity contribution in [2.75, 3.05) is 11.9 Å². The summed E-state index contributed by atoms with van der Waals surface area (Å²) in [7, 11) is 0. The maximum absolute atomic E-state index is 11.7. The molecule has 0 aliphatic rings. The Kier molecular flexibility index (Phi) is 6.03. The number of carbonyl (C=O) groups is 2. The van der Waals surface area contributed by atoms with Gasteiger partial charge in [-0.05, 0) is 43.7 Å². The molecule has 0 atom stereocenters. The minimum absolute atomic E-state index is 0.219. The van der Waals surface area contributed by atoms with Gasteiger partial charge in [-0.2, -0.15) is 0 Å². The van der Waals surface area contributed by atoms with Crippen molar-refractivity contribution in [3.05, 3.63) is 47.3 Å². The van der Waals surface area contributed by atoms with Crippen LogP contribution in [0.1, 0.15) is 48.4 Å². The molecular weight excluding hydrogens is 356 g/mol. The van der Waals surface area contributed by atoms with Gasteiger partial charge in [-0.25, -0.2) is 4.98 Å². The molecule has 146 valence electrons. The predicted octanol–water partition coefficient (Wildman–Crippen LogP) is 3.74. The maximum atomic E-state index is 11.7. The fourth-order valence-electron chi connectivity index (χ4n) is 2.94. The molecule has 1 N–H and O–H groups in total. The topological polar surface area (TPSA) is 86.1 Å². The van der Waals surface area contributed by atoms with Gasteiger partial charge >= 0.3 is 0 Å². The highest BCUT2D eigenvalue weighted by Gasteiger charge is 2.16. The summed E-state index contributed by atoms with van der Waals surface area (Å²) >= 11 is 0. The van der Waals surface area contributed by atoms with Crippen LogP contribution < -0.4 is 10.1 Å². The van der Waals surface area contributed by atoms with Crippen LogP contribution in [0, 0.1) is 6.92 Å². The number of aromatic nitrogens is 3. The Hall–Kier alpha value is -3.22. The summed E-state index contributed by atoms with van der Waals surface area (Å²) in [5.41, 5.74) is 3.60. The van der Waals surface area contributed by atoms with Gasteiger partial charge in [0.25, 0.3) is 0 Å². The number of hydrogen-bond acceptors (Lipinski definition) is 5. The maximum Gasteiger partial charge on any atom is 0.223 e. The molecular formula is C21H24N4O3. The van der Waals surface area contributed by atoms with Gasteiger partial charge in [0.1, 0.15) is 17.7 Å². The molecule has 0 radical (unpaired) electrons. The molecule has 0 bridgehead atoms. The van der Waals surface area contributed by atoms with Crippen LogP contribution in [0.15, 0.2) is 30.3 Å². The molecule has 1 amide bonds. The molecule has 7 nitrogen and oxygen atoms in total. The standard InChI is InChI=1S/C21H24N4O3/c1-4-5-10-28-20-9-6-14(2)22-18(20)12-25-19-11-16(13-26)7-8-17(19)24-21(25)23-15(3)27/h6-9,11,13H,4-5,10,12H2,1-3H3,(H,23,24,27). The molecule has 0 aliphatic carbocycles. The summed E-state index contributed by atoms with van der Waals surface area (Å²) in [6, 6.07) is 9.06. The van der Waals surface area contributed by atoms with E-state index in [9.17, 15) is 9.59 Å². The number of unbranched alkanes of at least 4 members (excludes halogenated alkanes) is 1. The highest BCUT2D eigenvalue weighted by Crippen LogP contribution is 2.25. The lowest BCUT2D eigenvalue weighted by Gasteiger charge is -2.14. The normalized spacial score (nSPS) is 10.8. The molecule has 0 spiro atoms. The molecule has 0 fully saturated rings. The van der Waals surface area contributed by atoms with Crippen molar-refractivity contribution >= 4 is 29.2 Å². The van der Waals surface area contributed by atoms with Gasteiger partial charge in [0.05, 0.1) is 24.2 Å². The lowest BCUT2D eigenvalue weighted by molar-refractivity contribution is -0.114. The average Bonchev–Trinajstić information content (AvgIpc) is 2.99. The third-order valence-electron chi connectivity index (χ3n) is 4.33. The van der Waals surface area contributed by atoms with Crippen LogP contribution in [0.3, 0.4) is 0 Å². The minimum Gasteiger partial charge on any atom is -0.492 e. The second-order valence-electron chi connectivity index (χ2n) is 6.67. The SMILES string of the molecule is CCCCOc1ccc(C)nc1Cn1c(NC(C)=O)nc2ccc(C=O)cc21. The van der Waals surface area contributed by atoms with Gasteiger partial charge in [-0.15, -0.1) is 0 Å². The number of aryl methyl sites for hydroxylation is 1. The number of imidazole rings is 1. The van der Waals surface area contributed by atoms with Gasteiger partial charge in [-0.3, -0.25) is 19.9 Å². The number of fused-ring (bicyclic) bond motifs is 1. The van der Waals surface area contributed by atoms with E-state index in [0.29, 0.717) is 35.9 Å². The third kappa shape index (κ3) is 4.36. The molecule has 0 unspecified atom stereocenters. The van der Waals surface area contributed by atoms with Crippen LogP contribution in [0.25, 0.3) is 11.0 Å². The monoisotopic (exact) mass is 380 g/mol. The molecule has 3 aromatic rings. The Morgan fingerprint density at radius 1 is 1.25 bits per heavy atom. The molecule has 3 rings (SSSR count). The number of nitrogens with one attached hydrogen (secondary N) is 1. The van der Waals surface area contributed by atoms with Crippen LogP contribution >= 0.6 is 0 Å². The number of anilines is 1. The van der Waals surface area contributed by atoms with Crippen molar-refractivity contribution in [3.63, 3.8) is 0 Å². The molecule has 28 heavy (non-hydrogen) atoms. The smallest absolute Gasteiger partial charge is 0.223 e. The van der Waals surface area contributed by atoms with E-state index in [4.69, 9.17) is 4.74 Å². The fraction of sp³-hybridized carbons (Fsp3) is 0.333. The van der Waals surface area contributed by atoms with E-state index in [0.717, 1.165) is 36.0 Å². The van der Waals surface area contributed by atoms with Crippen molar-refractivity contribution in [3.8, 4) is 5.75 Å². The summed E-state index contributed by atoms with van der Waals surface area (Å²) in [5, 5.41) is 2.76. The Bertz CT molecular complexity index is 1010. The first-order valence-corrected chi connectivity index (χ1v) is 9.34. The zero-order valence-electron chi connectivity index (χ0n) is 16.4. The van der Waals surface area contributed by atoms with Crippen molar-refractivity contribution in [1.29, 1.82) is 0 Å². The molecule has 7 heteroatoms. The molecule has 2 heterocycles. The van der Waals surface area contributed by atoms with Crippen LogP contribution in [0.4, 0.5) is 5.95 Å². The predicted molar refractivity (Wildman–Crippen MR) is 108 cm³/mol. The summed E-state index contributed by atoms with van der Waals surface area (Å²) in [5.74, 6) is 0.901. The van der Waals surface area contributed by atoms with E-state index in [1.807, 2.05) is 23.6 Å². The second-order valence-corrected chi connectivity index (χ2v) is 6.67. The zero-order chi connectivity index (χ0) is 20.1. The van der Waals surface area contributed by atoms with Gasteiger partial charge in [0.2, 0.25) is 11.9 Å². The lowest BCUT2D eigenvalue weighted by atomic mass is 10.2. The van der Waals surface area contributed by atoms with Crippen molar-refractivity contribution in [2.24, 2.45) is 0 Å². The van der Waals surface area contributed by atoms with E-state index in [-0.39, 0.29) is 5.91 Å². The number of benzene rings is 1. The number of hydrogen-bond donors (Lipinski definition) is 1. The van der Waals surface area contributed by atoms with Gasteiger partial charge in [-0.1, -0.05) is 13.3 Å². The number of aldehydes is 1. The molecule has 1 aromatic carbocycles. The summed E-state index contributed by atoms with van der Waals surface area (Å²) in [6.45, 7) is 6.44. The zero-order valence-corrected chi connectivity index (χ0v) is 16.4. The quantitative estimate of drug-likeness (QED) is 0.475. The van der Waals surface area contributed by atoms with E-state index < -0.39 is 0 Å². The van der Waals surface area contributed by atoms with Crippen molar-refractivity contribution < 1.29 is 14.3 Å². The first kappa shape index (κ1) is 19.5. The highest BCUT2D eigenvalue weighted by atomic mass is 16.5. The number of ether oxygens (including phenoxy) is 1. The Labute approximate surface area is 163 Å². The first-order valence-electron chi connectivity index (χ1n) is 9.34. The van der Waals surface area contributed by atoms with Crippen LogP contribution in [0.5, 0.6) is 5.75 Å². The van der Waals surface area contributed by atoms with Crippen LogP contribution in [0.2, 0.25) is 0 Å². The number of nitrogens with zero attached hydrogens (tertiary/aromatic N) is 3. The van der Waals surface area contributed by atoms with Gasteiger partial charge < -0.3 is 9.30 Å². The van der Waals surface area contributed by atoms with E-state index in [2.05, 4.69) is 22.2 Å². The van der Waals surface area contributed by atoms with Crippen LogP contribution in [-0.4, -0.2) is 33.3 Å². The van der Waals surface area contributed by atoms with Crippen molar-refractivity contribution in [1.82, 2.24) is 14.5 Å². The number of pyridine rings is 1. The summed E-state index contributed by atoms with van der Waals surface area (Å²) in [4.78, 5) is 32.0. The Morgan fingerprint density at radius 3 is 2.79 bits per heavy atom. The van der Waals surface area contributed by atoms with Crippen LogP contribution in [-0.2, 0) is 11.3 Å². The van der Waals surface area contributed by atoms with Gasteiger partial charge in [0, 0.05) is 18.2 Å². The molecule has 2 aromatic heterocycles. The van der Waals surface area contributed by atoms with E-state index in [1.165, 1.54) is 6.92 Å². The van der Waals surface area contributed by atoms with E-state index in [1.54, 1.807) is 18.2 Å². The fourth-order valence-corrected chi connectivity index (χ4v) is 2.94. The lowest BCUT2D eigenvalue weighted by Crippen LogP contribution is -2.14. The highest BCUT2D eigenvalue weighted by molar-refractivity contribution is 5.91. The summed E-state index contributed by atoms with van der Waals surface area (Å²) in [6.07, 6.45) is 2.79. The number of amides is 1. The third-order valence-corrected chi connectivity index (χ3v) is 4.33. The Morgan fingerprint density at radius 2 is 2.07 bits per heavy atom. The minimum atomic E-state index is -0.219. The molecule has 0 aliphatic heterocycles. The number of rotatable bonds is 8.